The first kappa shape index (κ1) is 17.7. The van der Waals surface area contributed by atoms with Crippen molar-refractivity contribution in [3.63, 3.8) is 0 Å². The maximum Gasteiger partial charge on any atom is 0.387 e. The summed E-state index contributed by atoms with van der Waals surface area (Å²) in [5.74, 6) is 0.397. The van der Waals surface area contributed by atoms with Crippen molar-refractivity contribution in [1.29, 1.82) is 0 Å². The highest BCUT2D eigenvalue weighted by Crippen LogP contribution is 2.29. The Balaban J connectivity index is 0.00000220. The number of carbonyl (C=O) groups excluding carboxylic acids is 1. The third kappa shape index (κ3) is 5.85. The van der Waals surface area contributed by atoms with Gasteiger partial charge in [0.1, 0.15) is 5.75 Å². The fraction of sp³-hybridized carbons (Fsp3) is 0.500. The molecular formula is C14H19ClF2N2O2. The SMILES string of the molecule is Cc1cccc(OC(F)F)c1NC(=O)CNCC1CC1.Cl. The Morgan fingerprint density at radius 1 is 1.43 bits per heavy atom. The van der Waals surface area contributed by atoms with Crippen LogP contribution in [0.1, 0.15) is 18.4 Å². The number of ether oxygens (including phenoxy) is 1. The monoisotopic (exact) mass is 320 g/mol. The predicted molar refractivity (Wildman–Crippen MR) is 79.3 cm³/mol. The summed E-state index contributed by atoms with van der Waals surface area (Å²) in [5, 5.41) is 5.66. The van der Waals surface area contributed by atoms with Crippen molar-refractivity contribution >= 4 is 24.0 Å². The van der Waals surface area contributed by atoms with Crippen LogP contribution in [0.3, 0.4) is 0 Å². The molecule has 118 valence electrons. The first-order valence-electron chi connectivity index (χ1n) is 6.61. The van der Waals surface area contributed by atoms with Crippen LogP contribution in [0.25, 0.3) is 0 Å². The quantitative estimate of drug-likeness (QED) is 0.812. The van der Waals surface area contributed by atoms with Crippen LogP contribution in [-0.2, 0) is 4.79 Å². The van der Waals surface area contributed by atoms with Crippen LogP contribution in [0.5, 0.6) is 5.75 Å². The molecule has 0 aromatic heterocycles. The van der Waals surface area contributed by atoms with Crippen molar-refractivity contribution in [1.82, 2.24) is 5.32 Å². The Bertz CT molecular complexity index is 482. The molecule has 1 amide bonds. The molecule has 0 spiro atoms. The topological polar surface area (TPSA) is 50.4 Å². The molecule has 1 aromatic rings. The third-order valence-electron chi connectivity index (χ3n) is 3.13. The molecule has 0 atom stereocenters. The van der Waals surface area contributed by atoms with Gasteiger partial charge >= 0.3 is 6.61 Å². The summed E-state index contributed by atoms with van der Waals surface area (Å²) in [7, 11) is 0. The highest BCUT2D eigenvalue weighted by molar-refractivity contribution is 5.94. The van der Waals surface area contributed by atoms with E-state index in [-0.39, 0.29) is 30.6 Å². The molecule has 2 N–H and O–H groups in total. The molecule has 1 aliphatic carbocycles. The zero-order chi connectivity index (χ0) is 14.5. The molecular weight excluding hydrogens is 302 g/mol. The number of hydrogen-bond donors (Lipinski definition) is 2. The minimum atomic E-state index is -2.92. The van der Waals surface area contributed by atoms with Gasteiger partial charge in [-0.1, -0.05) is 12.1 Å². The average molecular weight is 321 g/mol. The van der Waals surface area contributed by atoms with Crippen LogP contribution in [0, 0.1) is 12.8 Å². The Kier molecular flexibility index (Phi) is 6.84. The van der Waals surface area contributed by atoms with Gasteiger partial charge in [-0.15, -0.1) is 12.4 Å². The number of rotatable bonds is 7. The van der Waals surface area contributed by atoms with Crippen LogP contribution >= 0.6 is 12.4 Å². The molecule has 0 radical (unpaired) electrons. The zero-order valence-electron chi connectivity index (χ0n) is 11.7. The number of aryl methyl sites for hydroxylation is 1. The maximum atomic E-state index is 12.3. The van der Waals surface area contributed by atoms with Gasteiger partial charge in [0.2, 0.25) is 5.91 Å². The van der Waals surface area contributed by atoms with Crippen molar-refractivity contribution in [2.45, 2.75) is 26.4 Å². The number of carbonyl (C=O) groups is 1. The molecule has 4 nitrogen and oxygen atoms in total. The second kappa shape index (κ2) is 8.14. The van der Waals surface area contributed by atoms with Crippen molar-refractivity contribution < 1.29 is 18.3 Å². The van der Waals surface area contributed by atoms with E-state index in [9.17, 15) is 13.6 Å². The van der Waals surface area contributed by atoms with Crippen molar-refractivity contribution in [2.75, 3.05) is 18.4 Å². The number of amides is 1. The summed E-state index contributed by atoms with van der Waals surface area (Å²) < 4.78 is 29.1. The first-order valence-corrected chi connectivity index (χ1v) is 6.61. The summed E-state index contributed by atoms with van der Waals surface area (Å²) in [6.45, 7) is -0.202. The lowest BCUT2D eigenvalue weighted by molar-refractivity contribution is -0.115. The van der Waals surface area contributed by atoms with Gasteiger partial charge in [0.25, 0.3) is 0 Å². The van der Waals surface area contributed by atoms with Crippen molar-refractivity contribution in [3.05, 3.63) is 23.8 Å². The van der Waals surface area contributed by atoms with Crippen molar-refractivity contribution in [3.8, 4) is 5.75 Å². The molecule has 0 aliphatic heterocycles. The third-order valence-corrected chi connectivity index (χ3v) is 3.13. The molecule has 0 bridgehead atoms. The van der Waals surface area contributed by atoms with E-state index in [0.717, 1.165) is 6.54 Å². The van der Waals surface area contributed by atoms with Crippen LogP contribution in [0.15, 0.2) is 18.2 Å². The molecule has 1 aromatic carbocycles. The van der Waals surface area contributed by atoms with E-state index in [1.165, 1.54) is 18.9 Å². The van der Waals surface area contributed by atoms with E-state index in [4.69, 9.17) is 0 Å². The van der Waals surface area contributed by atoms with E-state index in [1.807, 2.05) is 0 Å². The molecule has 0 unspecified atom stereocenters. The maximum absolute atomic E-state index is 12.3. The Hall–Kier alpha value is -1.40. The Morgan fingerprint density at radius 3 is 2.76 bits per heavy atom. The molecule has 2 rings (SSSR count). The lowest BCUT2D eigenvalue weighted by atomic mass is 10.2. The van der Waals surface area contributed by atoms with Crippen LogP contribution in [-0.4, -0.2) is 25.6 Å². The summed E-state index contributed by atoms with van der Waals surface area (Å²) >= 11 is 0. The van der Waals surface area contributed by atoms with Gasteiger partial charge in [0.15, 0.2) is 0 Å². The van der Waals surface area contributed by atoms with E-state index < -0.39 is 6.61 Å². The van der Waals surface area contributed by atoms with Crippen LogP contribution in [0.4, 0.5) is 14.5 Å². The second-order valence-corrected chi connectivity index (χ2v) is 4.95. The van der Waals surface area contributed by atoms with Gasteiger partial charge in [-0.3, -0.25) is 4.79 Å². The minimum absolute atomic E-state index is 0. The molecule has 7 heteroatoms. The smallest absolute Gasteiger partial charge is 0.387 e. The first-order chi connectivity index (χ1) is 9.56. The lowest BCUT2D eigenvalue weighted by Crippen LogP contribution is -2.29. The highest BCUT2D eigenvalue weighted by Gasteiger charge is 2.21. The number of alkyl halides is 2. The molecule has 1 fully saturated rings. The normalized spacial score (nSPS) is 13.7. The summed E-state index contributed by atoms with van der Waals surface area (Å²) in [5.41, 5.74) is 0.977. The number of nitrogens with one attached hydrogen (secondary N) is 2. The van der Waals surface area contributed by atoms with E-state index in [1.54, 1.807) is 19.1 Å². The average Bonchev–Trinajstić information content (AvgIpc) is 3.17. The van der Waals surface area contributed by atoms with Gasteiger partial charge in [0.05, 0.1) is 12.2 Å². The fourth-order valence-corrected chi connectivity index (χ4v) is 1.89. The highest BCUT2D eigenvalue weighted by atomic mass is 35.5. The summed E-state index contributed by atoms with van der Waals surface area (Å²) in [4.78, 5) is 11.8. The van der Waals surface area contributed by atoms with E-state index >= 15 is 0 Å². The predicted octanol–water partition coefficient (Wildman–Crippen LogP) is 2.96. The van der Waals surface area contributed by atoms with E-state index in [0.29, 0.717) is 17.2 Å². The molecule has 0 saturated heterocycles. The number of para-hydroxylation sites is 1. The van der Waals surface area contributed by atoms with Gasteiger partial charge < -0.3 is 15.4 Å². The van der Waals surface area contributed by atoms with Crippen LogP contribution < -0.4 is 15.4 Å². The molecule has 21 heavy (non-hydrogen) atoms. The summed E-state index contributed by atoms with van der Waals surface area (Å²) in [6.07, 6.45) is 2.41. The van der Waals surface area contributed by atoms with Gasteiger partial charge in [-0.2, -0.15) is 8.78 Å². The standard InChI is InChI=1S/C14H18F2N2O2.ClH/c1-9-3-2-4-11(20-14(15)16)13(9)18-12(19)8-17-7-10-5-6-10;/h2-4,10,14,17H,5-8H2,1H3,(H,18,19);1H. The number of anilines is 1. The molecule has 0 heterocycles. The van der Waals surface area contributed by atoms with Gasteiger partial charge in [-0.25, -0.2) is 0 Å². The number of halogens is 3. The number of hydrogen-bond acceptors (Lipinski definition) is 3. The van der Waals surface area contributed by atoms with Crippen LogP contribution in [0.2, 0.25) is 0 Å². The molecule has 1 saturated carbocycles. The number of benzene rings is 1. The second-order valence-electron chi connectivity index (χ2n) is 4.95. The fourth-order valence-electron chi connectivity index (χ4n) is 1.89. The Labute approximate surface area is 128 Å². The Morgan fingerprint density at radius 2 is 2.14 bits per heavy atom. The molecule has 1 aliphatic rings. The lowest BCUT2D eigenvalue weighted by Gasteiger charge is -2.14. The zero-order valence-corrected chi connectivity index (χ0v) is 12.5. The van der Waals surface area contributed by atoms with Crippen molar-refractivity contribution in [2.24, 2.45) is 5.92 Å². The van der Waals surface area contributed by atoms with Gasteiger partial charge in [0, 0.05) is 0 Å². The van der Waals surface area contributed by atoms with Gasteiger partial charge in [-0.05, 0) is 43.9 Å². The van der Waals surface area contributed by atoms with E-state index in [2.05, 4.69) is 15.4 Å². The minimum Gasteiger partial charge on any atom is -0.433 e. The summed E-state index contributed by atoms with van der Waals surface area (Å²) in [6, 6.07) is 4.74. The largest absolute Gasteiger partial charge is 0.433 e.